The number of carboxylic acid groups (broad SMARTS) is 1. The molecule has 3 aliphatic rings. The minimum Gasteiger partial charge on any atom is -0.481 e. The summed E-state index contributed by atoms with van der Waals surface area (Å²) in [5.74, 6) is -0.541. The van der Waals surface area contributed by atoms with Gasteiger partial charge >= 0.3 is 5.97 Å². The summed E-state index contributed by atoms with van der Waals surface area (Å²) in [4.78, 5) is 23.5. The van der Waals surface area contributed by atoms with E-state index < -0.39 is 11.4 Å². The van der Waals surface area contributed by atoms with Crippen LogP contribution < -0.4 is 5.32 Å². The van der Waals surface area contributed by atoms with Crippen LogP contribution in [0.3, 0.4) is 0 Å². The van der Waals surface area contributed by atoms with Crippen molar-refractivity contribution in [1.82, 2.24) is 5.32 Å². The van der Waals surface area contributed by atoms with Gasteiger partial charge in [-0.25, -0.2) is 0 Å². The van der Waals surface area contributed by atoms with Gasteiger partial charge < -0.3 is 10.4 Å². The second-order valence-electron chi connectivity index (χ2n) is 5.99. The van der Waals surface area contributed by atoms with E-state index in [2.05, 4.69) is 5.32 Å². The van der Waals surface area contributed by atoms with Gasteiger partial charge in [-0.2, -0.15) is 0 Å². The summed E-state index contributed by atoms with van der Waals surface area (Å²) in [6.45, 7) is 3.92. The average molecular weight is 239 g/mol. The largest absolute Gasteiger partial charge is 0.481 e. The molecule has 0 atom stereocenters. The van der Waals surface area contributed by atoms with Crippen LogP contribution in [0.1, 0.15) is 52.4 Å². The van der Waals surface area contributed by atoms with Crippen LogP contribution in [0.2, 0.25) is 0 Å². The van der Waals surface area contributed by atoms with Gasteiger partial charge in [-0.3, -0.25) is 9.59 Å². The molecule has 1 amide bonds. The van der Waals surface area contributed by atoms with Crippen LogP contribution in [0.5, 0.6) is 0 Å². The maximum atomic E-state index is 12.2. The molecule has 0 saturated heterocycles. The Balaban J connectivity index is 2.09. The number of aliphatic carboxylic acids is 1. The molecule has 2 bridgehead atoms. The van der Waals surface area contributed by atoms with E-state index >= 15 is 0 Å². The number of hydrogen-bond acceptors (Lipinski definition) is 2. The third kappa shape index (κ3) is 1.94. The predicted molar refractivity (Wildman–Crippen MR) is 63.5 cm³/mol. The van der Waals surface area contributed by atoms with Gasteiger partial charge in [0, 0.05) is 11.5 Å². The van der Waals surface area contributed by atoms with Crippen LogP contribution in [-0.4, -0.2) is 23.0 Å². The Kier molecular flexibility index (Phi) is 2.92. The molecule has 3 aliphatic carbocycles. The zero-order valence-corrected chi connectivity index (χ0v) is 10.6. The molecule has 0 aliphatic heterocycles. The third-order valence-electron chi connectivity index (χ3n) is 4.60. The van der Waals surface area contributed by atoms with Crippen LogP contribution in [0.15, 0.2) is 0 Å². The topological polar surface area (TPSA) is 66.4 Å². The maximum absolute atomic E-state index is 12.2. The Morgan fingerprint density at radius 1 is 1.00 bits per heavy atom. The van der Waals surface area contributed by atoms with Gasteiger partial charge in [0.05, 0.1) is 5.41 Å². The fourth-order valence-corrected chi connectivity index (χ4v) is 3.26. The van der Waals surface area contributed by atoms with Gasteiger partial charge in [0.15, 0.2) is 0 Å². The molecule has 0 heterocycles. The smallest absolute Gasteiger partial charge is 0.309 e. The first-order valence-electron chi connectivity index (χ1n) is 6.45. The highest BCUT2D eigenvalue weighted by Gasteiger charge is 2.55. The summed E-state index contributed by atoms with van der Waals surface area (Å²) in [6.07, 6.45) is 4.18. The second-order valence-corrected chi connectivity index (χ2v) is 5.99. The summed E-state index contributed by atoms with van der Waals surface area (Å²) in [5, 5.41) is 12.3. The number of hydrogen-bond donors (Lipinski definition) is 2. The molecule has 96 valence electrons. The molecule has 4 nitrogen and oxygen atoms in total. The Morgan fingerprint density at radius 2 is 1.41 bits per heavy atom. The Labute approximate surface area is 102 Å². The number of fused-ring (bicyclic) bond motifs is 3. The lowest BCUT2D eigenvalue weighted by atomic mass is 9.53. The number of rotatable bonds is 3. The highest BCUT2D eigenvalue weighted by Crippen LogP contribution is 2.57. The lowest BCUT2D eigenvalue weighted by Crippen LogP contribution is -2.53. The highest BCUT2D eigenvalue weighted by atomic mass is 16.4. The first-order chi connectivity index (χ1) is 7.90. The summed E-state index contributed by atoms with van der Waals surface area (Å²) in [7, 11) is 0. The van der Waals surface area contributed by atoms with Gasteiger partial charge in [0.1, 0.15) is 0 Å². The van der Waals surface area contributed by atoms with E-state index in [1.165, 1.54) is 0 Å². The molecular formula is C13H21NO3. The molecule has 0 radical (unpaired) electrons. The summed E-state index contributed by atoms with van der Waals surface area (Å²) in [5.41, 5.74) is -0.804. The second kappa shape index (κ2) is 4.00. The molecule has 0 aromatic rings. The van der Waals surface area contributed by atoms with Crippen molar-refractivity contribution in [2.45, 2.75) is 58.4 Å². The predicted octanol–water partition coefficient (Wildman–Crippen LogP) is 1.94. The van der Waals surface area contributed by atoms with E-state index in [-0.39, 0.29) is 17.4 Å². The van der Waals surface area contributed by atoms with Gasteiger partial charge in [-0.1, -0.05) is 0 Å². The SMILES string of the molecule is CC(C)NC(=O)C12CCC(C(=O)O)(CC1)CC2. The first-order valence-corrected chi connectivity index (χ1v) is 6.45. The average Bonchev–Trinajstić information content (AvgIpc) is 2.30. The minimum absolute atomic E-state index is 0.131. The van der Waals surface area contributed by atoms with Crippen LogP contribution >= 0.6 is 0 Å². The van der Waals surface area contributed by atoms with Crippen molar-refractivity contribution >= 4 is 11.9 Å². The molecule has 0 spiro atoms. The van der Waals surface area contributed by atoms with E-state index in [4.69, 9.17) is 0 Å². The van der Waals surface area contributed by atoms with Crippen molar-refractivity contribution in [2.75, 3.05) is 0 Å². The fourth-order valence-electron chi connectivity index (χ4n) is 3.26. The fraction of sp³-hybridized carbons (Fsp3) is 0.846. The van der Waals surface area contributed by atoms with Crippen molar-refractivity contribution in [3.8, 4) is 0 Å². The van der Waals surface area contributed by atoms with E-state index in [9.17, 15) is 14.7 Å². The molecule has 0 aromatic heterocycles. The van der Waals surface area contributed by atoms with Gasteiger partial charge in [0.2, 0.25) is 5.91 Å². The molecule has 2 N–H and O–H groups in total. The van der Waals surface area contributed by atoms with Crippen molar-refractivity contribution < 1.29 is 14.7 Å². The van der Waals surface area contributed by atoms with Crippen LogP contribution in [0.4, 0.5) is 0 Å². The minimum atomic E-state index is -0.671. The molecule has 0 aromatic carbocycles. The quantitative estimate of drug-likeness (QED) is 0.791. The third-order valence-corrected chi connectivity index (χ3v) is 4.60. The van der Waals surface area contributed by atoms with E-state index in [0.29, 0.717) is 19.3 Å². The first kappa shape index (κ1) is 12.4. The number of carboxylic acids is 1. The Hall–Kier alpha value is -1.06. The number of amides is 1. The van der Waals surface area contributed by atoms with Crippen molar-refractivity contribution in [3.05, 3.63) is 0 Å². The molecule has 3 fully saturated rings. The zero-order valence-electron chi connectivity index (χ0n) is 10.6. The van der Waals surface area contributed by atoms with Crippen molar-refractivity contribution in [1.29, 1.82) is 0 Å². The zero-order chi connectivity index (χ0) is 12.7. The molecule has 17 heavy (non-hydrogen) atoms. The molecule has 3 saturated carbocycles. The molecular weight excluding hydrogens is 218 g/mol. The lowest BCUT2D eigenvalue weighted by molar-refractivity contribution is -0.163. The molecule has 3 rings (SSSR count). The maximum Gasteiger partial charge on any atom is 0.309 e. The molecule has 4 heteroatoms. The lowest BCUT2D eigenvalue weighted by Gasteiger charge is -2.50. The van der Waals surface area contributed by atoms with Crippen molar-refractivity contribution in [3.63, 3.8) is 0 Å². The van der Waals surface area contributed by atoms with E-state index in [0.717, 1.165) is 19.3 Å². The van der Waals surface area contributed by atoms with Crippen LogP contribution in [0, 0.1) is 10.8 Å². The normalized spacial score (nSPS) is 35.9. The van der Waals surface area contributed by atoms with E-state index in [1.54, 1.807) is 0 Å². The number of carbonyl (C=O) groups excluding carboxylic acids is 1. The molecule has 0 unspecified atom stereocenters. The number of carbonyl (C=O) groups is 2. The summed E-state index contributed by atoms with van der Waals surface area (Å²) < 4.78 is 0. The van der Waals surface area contributed by atoms with Gasteiger partial charge in [-0.05, 0) is 52.4 Å². The van der Waals surface area contributed by atoms with Gasteiger partial charge in [-0.15, -0.1) is 0 Å². The van der Waals surface area contributed by atoms with Crippen molar-refractivity contribution in [2.24, 2.45) is 10.8 Å². The summed E-state index contributed by atoms with van der Waals surface area (Å²) >= 11 is 0. The van der Waals surface area contributed by atoms with Gasteiger partial charge in [0.25, 0.3) is 0 Å². The number of nitrogens with one attached hydrogen (secondary N) is 1. The van der Waals surface area contributed by atoms with Crippen LogP contribution in [0.25, 0.3) is 0 Å². The highest BCUT2D eigenvalue weighted by molar-refractivity contribution is 5.84. The van der Waals surface area contributed by atoms with E-state index in [1.807, 2.05) is 13.8 Å². The Morgan fingerprint density at radius 3 is 1.76 bits per heavy atom. The standard InChI is InChI=1S/C13H21NO3/c1-9(2)14-10(15)12-3-6-13(7-4-12,8-5-12)11(16)17/h9H,3-8H2,1-2H3,(H,14,15)(H,16,17). The Bertz CT molecular complexity index is 324. The monoisotopic (exact) mass is 239 g/mol. The summed E-state index contributed by atoms with van der Waals surface area (Å²) in [6, 6.07) is 0.157. The van der Waals surface area contributed by atoms with Crippen LogP contribution in [-0.2, 0) is 9.59 Å².